The second kappa shape index (κ2) is 7.68. The standard InChI is InChI=1S/C21H27ClF3N3O2Si/c1-12-14(8-7-13(11-26)16(12)22)28-18(21(23,24)25)17-15(9-10-27(17)19(28)29)30-31(5,6)20(2,3)4/h7-8,15,17-18H,9-10H2,1-6H3/t15-,17-,18+/m0/s1. The average molecular weight is 474 g/mol. The number of nitriles is 1. The summed E-state index contributed by atoms with van der Waals surface area (Å²) in [6.45, 7) is 11.8. The number of alkyl halides is 3. The van der Waals surface area contributed by atoms with Crippen molar-refractivity contribution in [2.24, 2.45) is 0 Å². The van der Waals surface area contributed by atoms with Gasteiger partial charge in [0.15, 0.2) is 14.4 Å². The van der Waals surface area contributed by atoms with Gasteiger partial charge in [-0.15, -0.1) is 0 Å². The number of amides is 2. The Bertz CT molecular complexity index is 940. The Morgan fingerprint density at radius 2 is 1.87 bits per heavy atom. The number of nitrogens with zero attached hydrogens (tertiary/aromatic N) is 3. The van der Waals surface area contributed by atoms with E-state index in [-0.39, 0.29) is 33.4 Å². The zero-order chi connectivity index (χ0) is 23.5. The lowest BCUT2D eigenvalue weighted by Crippen LogP contribution is -2.54. The van der Waals surface area contributed by atoms with Gasteiger partial charge in [0.25, 0.3) is 0 Å². The van der Waals surface area contributed by atoms with E-state index in [1.54, 1.807) is 0 Å². The third-order valence-electron chi connectivity index (χ3n) is 6.77. The van der Waals surface area contributed by atoms with Gasteiger partial charge in [0, 0.05) is 6.54 Å². The first kappa shape index (κ1) is 23.9. The lowest BCUT2D eigenvalue weighted by Gasteiger charge is -2.40. The van der Waals surface area contributed by atoms with Crippen molar-refractivity contribution in [3.63, 3.8) is 0 Å². The molecule has 0 N–H and O–H groups in total. The predicted octanol–water partition coefficient (Wildman–Crippen LogP) is 5.86. The molecule has 5 nitrogen and oxygen atoms in total. The van der Waals surface area contributed by atoms with Crippen LogP contribution in [-0.4, -0.2) is 50.2 Å². The molecule has 10 heteroatoms. The smallest absolute Gasteiger partial charge is 0.411 e. The molecule has 0 aromatic heterocycles. The monoisotopic (exact) mass is 473 g/mol. The topological polar surface area (TPSA) is 56.6 Å². The van der Waals surface area contributed by atoms with E-state index in [1.165, 1.54) is 24.0 Å². The SMILES string of the molecule is Cc1c(N2C(=O)N3CC[C@H](O[Si](C)(C)C(C)(C)C)[C@H]3[C@@H]2C(F)(F)F)ccc(C#N)c1Cl. The summed E-state index contributed by atoms with van der Waals surface area (Å²) >= 11 is 6.20. The van der Waals surface area contributed by atoms with Gasteiger partial charge in [-0.05, 0) is 49.2 Å². The fourth-order valence-electron chi connectivity index (χ4n) is 4.09. The number of carbonyl (C=O) groups excluding carboxylic acids is 1. The molecule has 0 aliphatic carbocycles. The molecule has 2 amide bonds. The first-order valence-corrected chi connectivity index (χ1v) is 13.4. The summed E-state index contributed by atoms with van der Waals surface area (Å²) in [6.07, 6.45) is -4.99. The molecule has 0 spiro atoms. The minimum Gasteiger partial charge on any atom is -0.412 e. The number of hydrogen-bond acceptors (Lipinski definition) is 3. The zero-order valence-corrected chi connectivity index (χ0v) is 20.2. The highest BCUT2D eigenvalue weighted by Gasteiger charge is 2.64. The van der Waals surface area contributed by atoms with Gasteiger partial charge in [-0.25, -0.2) is 4.79 Å². The number of anilines is 1. The van der Waals surface area contributed by atoms with Crippen LogP contribution in [-0.2, 0) is 4.43 Å². The van der Waals surface area contributed by atoms with Crippen molar-refractivity contribution in [3.05, 3.63) is 28.3 Å². The number of carbonyl (C=O) groups is 1. The van der Waals surface area contributed by atoms with Crippen LogP contribution in [0.1, 0.15) is 38.3 Å². The van der Waals surface area contributed by atoms with Crippen LogP contribution in [0.15, 0.2) is 12.1 Å². The van der Waals surface area contributed by atoms with E-state index in [1.807, 2.05) is 39.9 Å². The van der Waals surface area contributed by atoms with Gasteiger partial charge in [0.05, 0.1) is 28.4 Å². The lowest BCUT2D eigenvalue weighted by molar-refractivity contribution is -0.156. The van der Waals surface area contributed by atoms with Gasteiger partial charge in [-0.3, -0.25) is 4.90 Å². The van der Waals surface area contributed by atoms with E-state index in [2.05, 4.69) is 0 Å². The van der Waals surface area contributed by atoms with E-state index in [0.29, 0.717) is 6.42 Å². The van der Waals surface area contributed by atoms with Crippen molar-refractivity contribution >= 4 is 31.6 Å². The van der Waals surface area contributed by atoms with Crippen LogP contribution in [0.4, 0.5) is 23.7 Å². The first-order valence-electron chi connectivity index (χ1n) is 10.2. The molecule has 2 fully saturated rings. The Morgan fingerprint density at radius 3 is 2.39 bits per heavy atom. The molecule has 1 aromatic carbocycles. The van der Waals surface area contributed by atoms with Crippen LogP contribution in [0.5, 0.6) is 0 Å². The van der Waals surface area contributed by atoms with Crippen molar-refractivity contribution in [3.8, 4) is 6.07 Å². The number of benzene rings is 1. The third kappa shape index (κ3) is 3.94. The average Bonchev–Trinajstić information content (AvgIpc) is 3.15. The van der Waals surface area contributed by atoms with Crippen molar-refractivity contribution in [2.45, 2.75) is 76.6 Å². The van der Waals surface area contributed by atoms with Crippen LogP contribution in [0.3, 0.4) is 0 Å². The predicted molar refractivity (Wildman–Crippen MR) is 116 cm³/mol. The Morgan fingerprint density at radius 1 is 1.26 bits per heavy atom. The number of urea groups is 1. The van der Waals surface area contributed by atoms with Gasteiger partial charge in [-0.1, -0.05) is 32.4 Å². The molecule has 3 atom stereocenters. The van der Waals surface area contributed by atoms with Crippen LogP contribution >= 0.6 is 11.6 Å². The summed E-state index contributed by atoms with van der Waals surface area (Å²) < 4.78 is 49.5. The van der Waals surface area contributed by atoms with E-state index in [4.69, 9.17) is 21.3 Å². The number of rotatable bonds is 3. The molecule has 31 heavy (non-hydrogen) atoms. The summed E-state index contributed by atoms with van der Waals surface area (Å²) in [6, 6.07) is 0.723. The molecule has 2 aliphatic rings. The van der Waals surface area contributed by atoms with Gasteiger partial charge in [0.1, 0.15) is 6.07 Å². The quantitative estimate of drug-likeness (QED) is 0.517. The first-order chi connectivity index (χ1) is 14.1. The maximum atomic E-state index is 14.4. The Balaban J connectivity index is 2.07. The number of fused-ring (bicyclic) bond motifs is 1. The highest BCUT2D eigenvalue weighted by atomic mass is 35.5. The van der Waals surface area contributed by atoms with E-state index in [0.717, 1.165) is 4.90 Å². The Kier molecular flexibility index (Phi) is 5.92. The van der Waals surface area contributed by atoms with Crippen molar-refractivity contribution in [1.82, 2.24) is 4.90 Å². The van der Waals surface area contributed by atoms with Gasteiger partial charge >= 0.3 is 12.2 Å². The summed E-state index contributed by atoms with van der Waals surface area (Å²) in [5.41, 5.74) is 0.487. The minimum atomic E-state index is -4.67. The molecule has 0 unspecified atom stereocenters. The van der Waals surface area contributed by atoms with Crippen molar-refractivity contribution in [2.75, 3.05) is 11.4 Å². The molecule has 1 aromatic rings. The fourth-order valence-corrected chi connectivity index (χ4v) is 5.66. The Hall–Kier alpha value is -1.76. The highest BCUT2D eigenvalue weighted by molar-refractivity contribution is 6.74. The molecule has 2 saturated heterocycles. The van der Waals surface area contributed by atoms with Crippen LogP contribution in [0.2, 0.25) is 23.2 Å². The molecule has 2 heterocycles. The molecular weight excluding hydrogens is 447 g/mol. The van der Waals surface area contributed by atoms with Gasteiger partial charge in [0.2, 0.25) is 0 Å². The highest BCUT2D eigenvalue weighted by Crippen LogP contribution is 2.47. The summed E-state index contributed by atoms with van der Waals surface area (Å²) in [4.78, 5) is 15.2. The van der Waals surface area contributed by atoms with Crippen LogP contribution < -0.4 is 4.90 Å². The van der Waals surface area contributed by atoms with Crippen LogP contribution in [0.25, 0.3) is 0 Å². The summed E-state index contributed by atoms with van der Waals surface area (Å²) in [7, 11) is -2.36. The molecular formula is C21H27ClF3N3O2Si. The minimum absolute atomic E-state index is 0.0508. The number of hydrogen-bond donors (Lipinski definition) is 0. The molecule has 2 aliphatic heterocycles. The maximum absolute atomic E-state index is 14.4. The molecule has 0 saturated carbocycles. The fraction of sp³-hybridized carbons (Fsp3) is 0.619. The van der Waals surface area contributed by atoms with E-state index in [9.17, 15) is 18.0 Å². The number of halogens is 4. The van der Waals surface area contributed by atoms with Gasteiger partial charge < -0.3 is 9.33 Å². The second-order valence-electron chi connectivity index (χ2n) is 9.71. The lowest BCUT2D eigenvalue weighted by atomic mass is 10.0. The van der Waals surface area contributed by atoms with Gasteiger partial charge in [-0.2, -0.15) is 18.4 Å². The maximum Gasteiger partial charge on any atom is 0.411 e. The van der Waals surface area contributed by atoms with E-state index >= 15 is 0 Å². The van der Waals surface area contributed by atoms with Crippen molar-refractivity contribution in [1.29, 1.82) is 5.26 Å². The molecule has 0 radical (unpaired) electrons. The van der Waals surface area contributed by atoms with Crippen LogP contribution in [0, 0.1) is 18.3 Å². The third-order valence-corrected chi connectivity index (χ3v) is 11.8. The van der Waals surface area contributed by atoms with Crippen molar-refractivity contribution < 1.29 is 22.4 Å². The summed E-state index contributed by atoms with van der Waals surface area (Å²) in [5, 5.41) is 9.03. The molecule has 170 valence electrons. The molecule has 0 bridgehead atoms. The second-order valence-corrected chi connectivity index (χ2v) is 14.8. The largest absolute Gasteiger partial charge is 0.412 e. The normalized spacial score (nSPS) is 24.5. The zero-order valence-electron chi connectivity index (χ0n) is 18.5. The van der Waals surface area contributed by atoms with E-state index < -0.39 is 38.7 Å². The molecule has 3 rings (SSSR count). The Labute approximate surface area is 186 Å². The summed E-state index contributed by atoms with van der Waals surface area (Å²) in [5.74, 6) is 0.